The summed E-state index contributed by atoms with van der Waals surface area (Å²) in [4.78, 5) is 13.9. The highest BCUT2D eigenvalue weighted by Crippen LogP contribution is 2.23. The highest BCUT2D eigenvalue weighted by Gasteiger charge is 2.24. The largest absolute Gasteiger partial charge is 0.383 e. The quantitative estimate of drug-likeness (QED) is 0.620. The molecule has 2 rings (SSSR count). The van der Waals surface area contributed by atoms with Gasteiger partial charge in [0.1, 0.15) is 11.6 Å². The second kappa shape index (κ2) is 6.80. The number of methoxy groups -OCH3 is 1. The number of carbonyl (C=O) groups excluding carboxylic acids is 1. The van der Waals surface area contributed by atoms with Crippen molar-refractivity contribution in [2.24, 2.45) is 0 Å². The number of hydrogen-bond donors (Lipinski definition) is 0. The van der Waals surface area contributed by atoms with Gasteiger partial charge in [-0.25, -0.2) is 0 Å². The van der Waals surface area contributed by atoms with Gasteiger partial charge in [0, 0.05) is 31.6 Å². The van der Waals surface area contributed by atoms with Crippen molar-refractivity contribution in [3.63, 3.8) is 0 Å². The van der Waals surface area contributed by atoms with Crippen molar-refractivity contribution in [1.29, 1.82) is 5.26 Å². The number of hydrogen-bond acceptors (Lipinski definition) is 3. The lowest BCUT2D eigenvalue weighted by Gasteiger charge is -2.30. The fourth-order valence-corrected chi connectivity index (χ4v) is 2.93. The van der Waals surface area contributed by atoms with Crippen molar-refractivity contribution in [2.45, 2.75) is 33.2 Å². The Morgan fingerprint density at radius 2 is 2.18 bits per heavy atom. The Bertz CT molecular complexity index is 633. The molecule has 0 radical (unpaired) electrons. The first-order valence-electron chi connectivity index (χ1n) is 7.58. The van der Waals surface area contributed by atoms with E-state index >= 15 is 0 Å². The Morgan fingerprint density at radius 3 is 2.68 bits per heavy atom. The molecule has 0 saturated carbocycles. The molecule has 0 aliphatic carbocycles. The first-order valence-corrected chi connectivity index (χ1v) is 7.58. The first-order chi connectivity index (χ1) is 10.5. The smallest absolute Gasteiger partial charge is 0.264 e. The number of aryl methyl sites for hydroxylation is 1. The maximum absolute atomic E-state index is 12.2. The molecule has 5 heteroatoms. The van der Waals surface area contributed by atoms with E-state index in [1.165, 1.54) is 0 Å². The summed E-state index contributed by atoms with van der Waals surface area (Å²) in [5.41, 5.74) is 3.28. The molecule has 118 valence electrons. The van der Waals surface area contributed by atoms with Crippen LogP contribution >= 0.6 is 0 Å². The SMILES string of the molecule is COCC(C)n1c(C)cc(C=C(C#N)C(=O)N2CCC2)c1C. The monoisotopic (exact) mass is 301 g/mol. The lowest BCUT2D eigenvalue weighted by atomic mass is 10.1. The summed E-state index contributed by atoms with van der Waals surface area (Å²) in [5.74, 6) is -0.163. The van der Waals surface area contributed by atoms with Crippen LogP contribution in [-0.2, 0) is 9.53 Å². The number of nitrogens with zero attached hydrogens (tertiary/aromatic N) is 3. The molecule has 5 nitrogen and oxygen atoms in total. The molecule has 0 aromatic carbocycles. The van der Waals surface area contributed by atoms with Crippen LogP contribution in [0, 0.1) is 25.2 Å². The van der Waals surface area contributed by atoms with E-state index in [1.54, 1.807) is 18.1 Å². The standard InChI is InChI=1S/C17H23N3O2/c1-12-8-15(14(3)20(12)13(2)11-22-4)9-16(10-18)17(21)19-6-5-7-19/h8-9,13H,5-7,11H2,1-4H3. The molecule has 1 aliphatic rings. The van der Waals surface area contributed by atoms with E-state index in [-0.39, 0.29) is 17.5 Å². The van der Waals surface area contributed by atoms with Crippen LogP contribution in [-0.4, -0.2) is 42.2 Å². The van der Waals surface area contributed by atoms with E-state index in [0.717, 1.165) is 36.5 Å². The number of aromatic nitrogens is 1. The van der Waals surface area contributed by atoms with Gasteiger partial charge in [-0.1, -0.05) is 0 Å². The molecule has 1 amide bonds. The third-order valence-corrected chi connectivity index (χ3v) is 4.17. The van der Waals surface area contributed by atoms with E-state index in [0.29, 0.717) is 6.61 Å². The molecule has 1 unspecified atom stereocenters. The molecule has 1 saturated heterocycles. The van der Waals surface area contributed by atoms with Gasteiger partial charge in [0.25, 0.3) is 5.91 Å². The van der Waals surface area contributed by atoms with Gasteiger partial charge < -0.3 is 14.2 Å². The van der Waals surface area contributed by atoms with Crippen LogP contribution < -0.4 is 0 Å². The van der Waals surface area contributed by atoms with Crippen LogP contribution in [0.2, 0.25) is 0 Å². The Balaban J connectivity index is 2.32. The lowest BCUT2D eigenvalue weighted by molar-refractivity contribution is -0.129. The first kappa shape index (κ1) is 16.3. The Morgan fingerprint density at radius 1 is 1.50 bits per heavy atom. The molecule has 2 heterocycles. The third-order valence-electron chi connectivity index (χ3n) is 4.17. The third kappa shape index (κ3) is 3.07. The minimum Gasteiger partial charge on any atom is -0.383 e. The van der Waals surface area contributed by atoms with Gasteiger partial charge in [-0.15, -0.1) is 0 Å². The zero-order valence-electron chi connectivity index (χ0n) is 13.7. The Labute approximate surface area is 131 Å². The van der Waals surface area contributed by atoms with Crippen LogP contribution in [0.4, 0.5) is 0 Å². The summed E-state index contributed by atoms with van der Waals surface area (Å²) in [6.45, 7) is 8.25. The van der Waals surface area contributed by atoms with E-state index in [2.05, 4.69) is 11.5 Å². The van der Waals surface area contributed by atoms with E-state index in [4.69, 9.17) is 4.74 Å². The molecule has 1 aromatic heterocycles. The second-order valence-corrected chi connectivity index (χ2v) is 5.82. The number of amides is 1. The average molecular weight is 301 g/mol. The van der Waals surface area contributed by atoms with Gasteiger partial charge in [-0.05, 0) is 44.9 Å². The highest BCUT2D eigenvalue weighted by molar-refractivity contribution is 6.02. The van der Waals surface area contributed by atoms with E-state index in [1.807, 2.05) is 26.0 Å². The summed E-state index contributed by atoms with van der Waals surface area (Å²) in [6.07, 6.45) is 2.73. The number of likely N-dealkylation sites (tertiary alicyclic amines) is 1. The predicted molar refractivity (Wildman–Crippen MR) is 85.3 cm³/mol. The number of rotatable bonds is 5. The molecule has 0 bridgehead atoms. The summed E-state index contributed by atoms with van der Waals surface area (Å²) in [5, 5.41) is 9.29. The van der Waals surface area contributed by atoms with Crippen molar-refractivity contribution < 1.29 is 9.53 Å². The molecule has 0 N–H and O–H groups in total. The molecule has 0 spiro atoms. The van der Waals surface area contributed by atoms with Crippen molar-refractivity contribution in [2.75, 3.05) is 26.8 Å². The maximum Gasteiger partial charge on any atom is 0.264 e. The molecule has 1 aliphatic heterocycles. The minimum absolute atomic E-state index is 0.163. The number of carbonyl (C=O) groups is 1. The van der Waals surface area contributed by atoms with E-state index < -0.39 is 0 Å². The zero-order valence-corrected chi connectivity index (χ0v) is 13.7. The Kier molecular flexibility index (Phi) is 5.04. The molecule has 22 heavy (non-hydrogen) atoms. The fraction of sp³-hybridized carbons (Fsp3) is 0.529. The topological polar surface area (TPSA) is 58.3 Å². The number of ether oxygens (including phenoxy) is 1. The van der Waals surface area contributed by atoms with Gasteiger partial charge in [-0.2, -0.15) is 5.26 Å². The van der Waals surface area contributed by atoms with Gasteiger partial charge in [0.2, 0.25) is 0 Å². The maximum atomic E-state index is 12.2. The molecule has 1 fully saturated rings. The van der Waals surface area contributed by atoms with Crippen molar-refractivity contribution >= 4 is 12.0 Å². The van der Waals surface area contributed by atoms with Gasteiger partial charge in [0.15, 0.2) is 0 Å². The summed E-state index contributed by atoms with van der Waals surface area (Å²) < 4.78 is 7.40. The lowest BCUT2D eigenvalue weighted by Crippen LogP contribution is -2.42. The van der Waals surface area contributed by atoms with Crippen molar-refractivity contribution in [3.05, 3.63) is 28.6 Å². The van der Waals surface area contributed by atoms with E-state index in [9.17, 15) is 10.1 Å². The molecular weight excluding hydrogens is 278 g/mol. The van der Waals surface area contributed by atoms with Crippen molar-refractivity contribution in [1.82, 2.24) is 9.47 Å². The van der Waals surface area contributed by atoms with Crippen LogP contribution in [0.25, 0.3) is 6.08 Å². The van der Waals surface area contributed by atoms with Crippen LogP contribution in [0.3, 0.4) is 0 Å². The highest BCUT2D eigenvalue weighted by atomic mass is 16.5. The average Bonchev–Trinajstić information content (AvgIpc) is 2.68. The predicted octanol–water partition coefficient (Wildman–Crippen LogP) is 2.45. The summed E-state index contributed by atoms with van der Waals surface area (Å²) in [7, 11) is 1.69. The fourth-order valence-electron chi connectivity index (χ4n) is 2.93. The summed E-state index contributed by atoms with van der Waals surface area (Å²) >= 11 is 0. The minimum atomic E-state index is -0.163. The second-order valence-electron chi connectivity index (χ2n) is 5.82. The normalized spacial score (nSPS) is 16.1. The molecule has 1 atom stereocenters. The van der Waals surface area contributed by atoms with Gasteiger partial charge in [0.05, 0.1) is 12.6 Å². The van der Waals surface area contributed by atoms with Gasteiger partial charge in [-0.3, -0.25) is 4.79 Å². The number of nitriles is 1. The summed E-state index contributed by atoms with van der Waals surface area (Å²) in [6, 6.07) is 4.27. The molecule has 1 aromatic rings. The zero-order chi connectivity index (χ0) is 16.3. The molecular formula is C17H23N3O2. The van der Waals surface area contributed by atoms with Crippen LogP contribution in [0.5, 0.6) is 0 Å². The van der Waals surface area contributed by atoms with Crippen molar-refractivity contribution in [3.8, 4) is 6.07 Å². The Hall–Kier alpha value is -2.06. The van der Waals surface area contributed by atoms with Crippen LogP contribution in [0.1, 0.15) is 36.3 Å². The van der Waals surface area contributed by atoms with Crippen LogP contribution in [0.15, 0.2) is 11.6 Å². The van der Waals surface area contributed by atoms with Gasteiger partial charge >= 0.3 is 0 Å².